The average Bonchev–Trinajstić information content (AvgIpc) is 2.64. The van der Waals surface area contributed by atoms with E-state index in [2.05, 4.69) is 15.6 Å². The number of benzene rings is 1. The fourth-order valence-corrected chi connectivity index (χ4v) is 3.28. The molecule has 0 spiro atoms. The second-order valence-electron chi connectivity index (χ2n) is 6.71. The summed E-state index contributed by atoms with van der Waals surface area (Å²) in [6, 6.07) is 11.5. The molecule has 2 amide bonds. The van der Waals surface area contributed by atoms with Gasteiger partial charge in [-0.3, -0.25) is 9.78 Å². The van der Waals surface area contributed by atoms with E-state index in [1.54, 1.807) is 6.20 Å². The van der Waals surface area contributed by atoms with Crippen molar-refractivity contribution >= 4 is 17.7 Å². The molecule has 1 aliphatic carbocycles. The molecule has 1 fully saturated rings. The zero-order valence-electron chi connectivity index (χ0n) is 14.7. The van der Waals surface area contributed by atoms with Gasteiger partial charge in [-0.1, -0.05) is 30.3 Å². The third-order valence-electron chi connectivity index (χ3n) is 4.85. The molecular formula is C20H23N3O3. The second-order valence-corrected chi connectivity index (χ2v) is 6.71. The van der Waals surface area contributed by atoms with Gasteiger partial charge in [0.25, 0.3) is 0 Å². The van der Waals surface area contributed by atoms with E-state index in [1.165, 1.54) is 0 Å². The summed E-state index contributed by atoms with van der Waals surface area (Å²) in [5.74, 6) is -1.03. The number of rotatable bonds is 4. The van der Waals surface area contributed by atoms with Crippen molar-refractivity contribution in [2.45, 2.75) is 38.6 Å². The highest BCUT2D eigenvalue weighted by Crippen LogP contribution is 2.25. The average molecular weight is 353 g/mol. The van der Waals surface area contributed by atoms with Gasteiger partial charge in [-0.05, 0) is 44.2 Å². The van der Waals surface area contributed by atoms with E-state index in [9.17, 15) is 9.59 Å². The molecule has 6 nitrogen and oxygen atoms in total. The lowest BCUT2D eigenvalue weighted by Crippen LogP contribution is -2.41. The molecule has 0 unspecified atom stereocenters. The Hall–Kier alpha value is -2.89. The van der Waals surface area contributed by atoms with Gasteiger partial charge in [-0.25, -0.2) is 4.79 Å². The number of nitrogens with zero attached hydrogens (tertiary/aromatic N) is 1. The van der Waals surface area contributed by atoms with Crippen LogP contribution in [0.4, 0.5) is 10.5 Å². The number of hydrogen-bond donors (Lipinski definition) is 3. The van der Waals surface area contributed by atoms with E-state index in [0.717, 1.165) is 16.8 Å². The van der Waals surface area contributed by atoms with Crippen molar-refractivity contribution in [2.24, 2.45) is 5.92 Å². The fourth-order valence-electron chi connectivity index (χ4n) is 3.28. The maximum absolute atomic E-state index is 12.3. The Morgan fingerprint density at radius 3 is 2.42 bits per heavy atom. The molecule has 1 saturated carbocycles. The number of aryl methyl sites for hydroxylation is 1. The van der Waals surface area contributed by atoms with Crippen LogP contribution in [0.2, 0.25) is 0 Å². The molecule has 1 aliphatic rings. The summed E-state index contributed by atoms with van der Waals surface area (Å²) in [5.41, 5.74) is 3.39. The van der Waals surface area contributed by atoms with Gasteiger partial charge in [0.15, 0.2) is 0 Å². The molecule has 26 heavy (non-hydrogen) atoms. The minimum Gasteiger partial charge on any atom is -0.481 e. The number of hydrogen-bond acceptors (Lipinski definition) is 3. The van der Waals surface area contributed by atoms with Crippen molar-refractivity contribution in [2.75, 3.05) is 5.32 Å². The number of urea groups is 1. The normalized spacial score (nSPS) is 19.6. The lowest BCUT2D eigenvalue weighted by atomic mass is 9.86. The van der Waals surface area contributed by atoms with Gasteiger partial charge in [-0.15, -0.1) is 0 Å². The van der Waals surface area contributed by atoms with Gasteiger partial charge in [0.1, 0.15) is 0 Å². The van der Waals surface area contributed by atoms with Crippen molar-refractivity contribution in [1.29, 1.82) is 0 Å². The molecule has 0 bridgehead atoms. The van der Waals surface area contributed by atoms with Crippen molar-refractivity contribution in [3.63, 3.8) is 0 Å². The Bertz CT molecular complexity index is 784. The monoisotopic (exact) mass is 353 g/mol. The first kappa shape index (κ1) is 17.9. The molecule has 1 aromatic carbocycles. The van der Waals surface area contributed by atoms with Crippen LogP contribution in [-0.4, -0.2) is 28.1 Å². The van der Waals surface area contributed by atoms with Gasteiger partial charge in [-0.2, -0.15) is 0 Å². The lowest BCUT2D eigenvalue weighted by Gasteiger charge is -2.27. The van der Waals surface area contributed by atoms with Crippen LogP contribution < -0.4 is 10.6 Å². The predicted molar refractivity (Wildman–Crippen MR) is 99.9 cm³/mol. The van der Waals surface area contributed by atoms with Crippen LogP contribution in [-0.2, 0) is 4.79 Å². The molecular weight excluding hydrogens is 330 g/mol. The lowest BCUT2D eigenvalue weighted by molar-refractivity contribution is -0.142. The molecule has 3 N–H and O–H groups in total. The largest absolute Gasteiger partial charge is 0.481 e. The van der Waals surface area contributed by atoms with Crippen molar-refractivity contribution in [3.8, 4) is 11.1 Å². The number of aromatic nitrogens is 1. The molecule has 6 heteroatoms. The van der Waals surface area contributed by atoms with Crippen molar-refractivity contribution < 1.29 is 14.7 Å². The van der Waals surface area contributed by atoms with Crippen LogP contribution in [0, 0.1) is 12.8 Å². The van der Waals surface area contributed by atoms with E-state index >= 15 is 0 Å². The quantitative estimate of drug-likeness (QED) is 0.779. The standard InChI is InChI=1S/C20H23N3O3/c1-13-18(11-16(12-21-13)14-5-3-2-4-6-14)23-20(26)22-17-9-7-15(8-10-17)19(24)25/h2-6,11-12,15,17H,7-10H2,1H3,(H,24,25)(H2,22,23,26). The topological polar surface area (TPSA) is 91.3 Å². The molecule has 0 saturated heterocycles. The highest BCUT2D eigenvalue weighted by atomic mass is 16.4. The Labute approximate surface area is 152 Å². The summed E-state index contributed by atoms with van der Waals surface area (Å²) < 4.78 is 0. The summed E-state index contributed by atoms with van der Waals surface area (Å²) in [4.78, 5) is 27.7. The van der Waals surface area contributed by atoms with E-state index in [4.69, 9.17) is 5.11 Å². The number of amides is 2. The molecule has 0 radical (unpaired) electrons. The van der Waals surface area contributed by atoms with Gasteiger partial charge < -0.3 is 15.7 Å². The first-order chi connectivity index (χ1) is 12.5. The van der Waals surface area contributed by atoms with Crippen LogP contribution in [0.3, 0.4) is 0 Å². The van der Waals surface area contributed by atoms with E-state index in [1.807, 2.05) is 43.3 Å². The zero-order valence-corrected chi connectivity index (χ0v) is 14.7. The first-order valence-corrected chi connectivity index (χ1v) is 8.85. The number of pyridine rings is 1. The Kier molecular flexibility index (Phi) is 5.51. The summed E-state index contributed by atoms with van der Waals surface area (Å²) in [6.07, 6.45) is 4.37. The van der Waals surface area contributed by atoms with Crippen LogP contribution in [0.5, 0.6) is 0 Å². The molecule has 136 valence electrons. The van der Waals surface area contributed by atoms with Gasteiger partial charge in [0.2, 0.25) is 0 Å². The van der Waals surface area contributed by atoms with E-state index < -0.39 is 5.97 Å². The highest BCUT2D eigenvalue weighted by molar-refractivity contribution is 5.90. The molecule has 0 aliphatic heterocycles. The molecule has 1 aromatic heterocycles. The summed E-state index contributed by atoms with van der Waals surface area (Å²) >= 11 is 0. The zero-order chi connectivity index (χ0) is 18.5. The van der Waals surface area contributed by atoms with E-state index in [0.29, 0.717) is 31.4 Å². The van der Waals surface area contributed by atoms with Gasteiger partial charge in [0, 0.05) is 17.8 Å². The number of anilines is 1. The SMILES string of the molecule is Cc1ncc(-c2ccccc2)cc1NC(=O)NC1CCC(C(=O)O)CC1. The van der Waals surface area contributed by atoms with Crippen LogP contribution in [0.1, 0.15) is 31.4 Å². The number of carbonyl (C=O) groups is 2. The Morgan fingerprint density at radius 2 is 1.77 bits per heavy atom. The van der Waals surface area contributed by atoms with Crippen molar-refractivity contribution in [3.05, 3.63) is 48.3 Å². The maximum atomic E-state index is 12.3. The highest BCUT2D eigenvalue weighted by Gasteiger charge is 2.26. The minimum absolute atomic E-state index is 0.0103. The number of carboxylic acid groups (broad SMARTS) is 1. The third kappa shape index (κ3) is 4.39. The molecule has 1 heterocycles. The number of carbonyl (C=O) groups excluding carboxylic acids is 1. The number of nitrogens with one attached hydrogen (secondary N) is 2. The Morgan fingerprint density at radius 1 is 1.08 bits per heavy atom. The number of carboxylic acids is 1. The van der Waals surface area contributed by atoms with Crippen LogP contribution in [0.25, 0.3) is 11.1 Å². The second kappa shape index (κ2) is 7.99. The van der Waals surface area contributed by atoms with Gasteiger partial charge in [0.05, 0.1) is 17.3 Å². The summed E-state index contributed by atoms with van der Waals surface area (Å²) in [5, 5.41) is 14.9. The molecule has 2 aromatic rings. The van der Waals surface area contributed by atoms with Gasteiger partial charge >= 0.3 is 12.0 Å². The Balaban J connectivity index is 1.62. The maximum Gasteiger partial charge on any atom is 0.319 e. The molecule has 3 rings (SSSR count). The summed E-state index contributed by atoms with van der Waals surface area (Å²) in [6.45, 7) is 1.85. The summed E-state index contributed by atoms with van der Waals surface area (Å²) in [7, 11) is 0. The van der Waals surface area contributed by atoms with Crippen LogP contribution >= 0.6 is 0 Å². The molecule has 0 atom stereocenters. The third-order valence-corrected chi connectivity index (χ3v) is 4.85. The smallest absolute Gasteiger partial charge is 0.319 e. The predicted octanol–water partition coefficient (Wildman–Crippen LogP) is 3.82. The van der Waals surface area contributed by atoms with Crippen LogP contribution in [0.15, 0.2) is 42.6 Å². The first-order valence-electron chi connectivity index (χ1n) is 8.85. The number of aliphatic carboxylic acids is 1. The van der Waals surface area contributed by atoms with E-state index in [-0.39, 0.29) is 18.0 Å². The van der Waals surface area contributed by atoms with Crippen molar-refractivity contribution in [1.82, 2.24) is 10.3 Å². The minimum atomic E-state index is -0.743. The fraction of sp³-hybridized carbons (Fsp3) is 0.350.